The number of alkyl halides is 3. The van der Waals surface area contributed by atoms with E-state index >= 15 is 0 Å². The Balaban J connectivity index is 2.39. The minimum Gasteiger partial charge on any atom is -0.480 e. The van der Waals surface area contributed by atoms with Crippen LogP contribution in [-0.4, -0.2) is 17.1 Å². The fourth-order valence-corrected chi connectivity index (χ4v) is 1.91. The minimum absolute atomic E-state index is 0.0654. The fourth-order valence-electron chi connectivity index (χ4n) is 1.91. The summed E-state index contributed by atoms with van der Waals surface area (Å²) >= 11 is 0. The molecule has 0 aromatic heterocycles. The summed E-state index contributed by atoms with van der Waals surface area (Å²) in [6.07, 6.45) is -2.78. The van der Waals surface area contributed by atoms with Crippen molar-refractivity contribution >= 4 is 5.97 Å². The smallest absolute Gasteiger partial charge is 0.416 e. The van der Waals surface area contributed by atoms with Crippen LogP contribution in [0.5, 0.6) is 0 Å². The number of nitrogens with one attached hydrogen (secondary N) is 1. The Morgan fingerprint density at radius 1 is 1.32 bits per heavy atom. The van der Waals surface area contributed by atoms with Gasteiger partial charge in [0.25, 0.3) is 0 Å². The van der Waals surface area contributed by atoms with Crippen molar-refractivity contribution < 1.29 is 23.1 Å². The molecule has 6 heteroatoms. The Morgan fingerprint density at radius 2 is 1.89 bits per heavy atom. The van der Waals surface area contributed by atoms with Crippen molar-refractivity contribution in [3.63, 3.8) is 0 Å². The zero-order valence-electron chi connectivity index (χ0n) is 10.3. The number of halogens is 3. The quantitative estimate of drug-likeness (QED) is 0.886. The van der Waals surface area contributed by atoms with Gasteiger partial charge in [0.15, 0.2) is 0 Å². The molecule has 1 aliphatic carbocycles. The Hall–Kier alpha value is -1.56. The highest BCUT2D eigenvalue weighted by atomic mass is 19.4. The molecule has 1 atom stereocenters. The second-order valence-electron chi connectivity index (χ2n) is 4.93. The maximum atomic E-state index is 12.7. The van der Waals surface area contributed by atoms with Crippen LogP contribution < -0.4 is 5.32 Å². The normalized spacial score (nSPS) is 18.9. The molecule has 3 nitrogen and oxygen atoms in total. The molecule has 1 unspecified atom stereocenters. The third-order valence-electron chi connectivity index (χ3n) is 3.27. The monoisotopic (exact) mass is 273 g/mol. The Labute approximate surface area is 108 Å². The van der Waals surface area contributed by atoms with Gasteiger partial charge in [-0.3, -0.25) is 5.32 Å². The first-order valence-electron chi connectivity index (χ1n) is 5.92. The third kappa shape index (κ3) is 2.89. The van der Waals surface area contributed by atoms with E-state index in [1.807, 2.05) is 0 Å². The van der Waals surface area contributed by atoms with Gasteiger partial charge in [0.05, 0.1) is 5.56 Å². The van der Waals surface area contributed by atoms with Crippen LogP contribution in [0, 0.1) is 0 Å². The Kier molecular flexibility index (Phi) is 3.30. The number of benzene rings is 1. The molecule has 1 aromatic rings. The molecule has 0 saturated heterocycles. The number of carbonyl (C=O) groups is 1. The van der Waals surface area contributed by atoms with Crippen LogP contribution in [0.2, 0.25) is 0 Å². The highest BCUT2D eigenvalue weighted by Gasteiger charge is 2.41. The molecular weight excluding hydrogens is 259 g/mol. The van der Waals surface area contributed by atoms with Gasteiger partial charge in [0, 0.05) is 6.04 Å². The molecule has 2 rings (SSSR count). The molecule has 0 amide bonds. The number of aliphatic carboxylic acids is 1. The summed E-state index contributed by atoms with van der Waals surface area (Å²) in [7, 11) is 0. The molecule has 1 aliphatic rings. The van der Waals surface area contributed by atoms with Crippen molar-refractivity contribution in [2.45, 2.75) is 37.5 Å². The highest BCUT2D eigenvalue weighted by Crippen LogP contribution is 2.34. The number of carboxylic acid groups (broad SMARTS) is 1. The lowest BCUT2D eigenvalue weighted by Gasteiger charge is -2.27. The largest absolute Gasteiger partial charge is 0.480 e. The first-order chi connectivity index (χ1) is 8.73. The number of hydrogen-bond donors (Lipinski definition) is 2. The van der Waals surface area contributed by atoms with Crippen molar-refractivity contribution in [2.24, 2.45) is 0 Å². The highest BCUT2D eigenvalue weighted by molar-refractivity contribution is 5.80. The van der Waals surface area contributed by atoms with Crippen LogP contribution >= 0.6 is 0 Å². The summed E-state index contributed by atoms with van der Waals surface area (Å²) in [6.45, 7) is 1.39. The number of hydrogen-bond acceptors (Lipinski definition) is 2. The molecule has 19 heavy (non-hydrogen) atoms. The Morgan fingerprint density at radius 3 is 2.37 bits per heavy atom. The SMILES string of the molecule is CC(NC1CC1)(C(=O)O)c1cccc(C(F)(F)F)c1. The van der Waals surface area contributed by atoms with Gasteiger partial charge >= 0.3 is 12.1 Å². The second kappa shape index (κ2) is 4.52. The van der Waals surface area contributed by atoms with E-state index in [4.69, 9.17) is 0 Å². The second-order valence-corrected chi connectivity index (χ2v) is 4.93. The summed E-state index contributed by atoms with van der Waals surface area (Å²) in [6, 6.07) is 4.52. The van der Waals surface area contributed by atoms with E-state index in [0.29, 0.717) is 0 Å². The molecule has 2 N–H and O–H groups in total. The van der Waals surface area contributed by atoms with Crippen LogP contribution in [0.25, 0.3) is 0 Å². The summed E-state index contributed by atoms with van der Waals surface area (Å²) < 4.78 is 38.0. The molecule has 0 spiro atoms. The van der Waals surface area contributed by atoms with Crippen LogP contribution in [0.1, 0.15) is 30.9 Å². The molecular formula is C13H14F3NO2. The lowest BCUT2D eigenvalue weighted by Crippen LogP contribution is -2.47. The van der Waals surface area contributed by atoms with E-state index in [-0.39, 0.29) is 11.6 Å². The summed E-state index contributed by atoms with van der Waals surface area (Å²) in [5.74, 6) is -1.18. The lowest BCUT2D eigenvalue weighted by atomic mass is 9.90. The molecule has 104 valence electrons. The number of carboxylic acids is 1. The van der Waals surface area contributed by atoms with Crippen LogP contribution in [0.3, 0.4) is 0 Å². The average molecular weight is 273 g/mol. The van der Waals surface area contributed by atoms with E-state index in [9.17, 15) is 23.1 Å². The lowest BCUT2D eigenvalue weighted by molar-refractivity contribution is -0.145. The first-order valence-corrected chi connectivity index (χ1v) is 5.92. The maximum Gasteiger partial charge on any atom is 0.416 e. The van der Waals surface area contributed by atoms with Gasteiger partial charge in [-0.05, 0) is 37.5 Å². The summed E-state index contributed by atoms with van der Waals surface area (Å²) in [5.41, 5.74) is -2.22. The molecule has 1 fully saturated rings. The molecule has 0 radical (unpaired) electrons. The van der Waals surface area contributed by atoms with Gasteiger partial charge in [-0.15, -0.1) is 0 Å². The minimum atomic E-state index is -4.48. The van der Waals surface area contributed by atoms with Gasteiger partial charge in [0.2, 0.25) is 0 Å². The van der Waals surface area contributed by atoms with Crippen molar-refractivity contribution in [2.75, 3.05) is 0 Å². The fraction of sp³-hybridized carbons (Fsp3) is 0.462. The summed E-state index contributed by atoms with van der Waals surface area (Å²) in [5, 5.41) is 12.2. The predicted octanol–water partition coefficient (Wildman–Crippen LogP) is 2.76. The van der Waals surface area contributed by atoms with Crippen molar-refractivity contribution in [1.29, 1.82) is 0 Å². The molecule has 1 aromatic carbocycles. The van der Waals surface area contributed by atoms with E-state index in [0.717, 1.165) is 25.0 Å². The molecule has 0 aliphatic heterocycles. The molecule has 1 saturated carbocycles. The van der Waals surface area contributed by atoms with Gasteiger partial charge in [-0.1, -0.05) is 12.1 Å². The van der Waals surface area contributed by atoms with Crippen molar-refractivity contribution in [1.82, 2.24) is 5.32 Å². The topological polar surface area (TPSA) is 49.3 Å². The number of rotatable bonds is 4. The van der Waals surface area contributed by atoms with Crippen LogP contribution in [0.4, 0.5) is 13.2 Å². The zero-order chi connectivity index (χ0) is 14.3. The summed E-state index contributed by atoms with van der Waals surface area (Å²) in [4.78, 5) is 11.4. The van der Waals surface area contributed by atoms with E-state index < -0.39 is 23.2 Å². The van der Waals surface area contributed by atoms with Gasteiger partial charge in [-0.25, -0.2) is 4.79 Å². The van der Waals surface area contributed by atoms with Crippen molar-refractivity contribution in [3.8, 4) is 0 Å². The third-order valence-corrected chi connectivity index (χ3v) is 3.27. The van der Waals surface area contributed by atoms with E-state index in [1.54, 1.807) is 0 Å². The predicted molar refractivity (Wildman–Crippen MR) is 62.6 cm³/mol. The first kappa shape index (κ1) is 13.9. The van der Waals surface area contributed by atoms with Crippen molar-refractivity contribution in [3.05, 3.63) is 35.4 Å². The maximum absolute atomic E-state index is 12.7. The van der Waals surface area contributed by atoms with Gasteiger partial charge < -0.3 is 5.11 Å². The molecule has 0 bridgehead atoms. The standard InChI is InChI=1S/C13H14F3NO2/c1-12(11(18)19,17-10-5-6-10)8-3-2-4-9(7-8)13(14,15)16/h2-4,7,10,17H,5-6H2,1H3,(H,18,19). The average Bonchev–Trinajstić information content (AvgIpc) is 3.11. The van der Waals surface area contributed by atoms with Gasteiger partial charge in [-0.2, -0.15) is 13.2 Å². The van der Waals surface area contributed by atoms with E-state index in [2.05, 4.69) is 5.32 Å². The van der Waals surface area contributed by atoms with Gasteiger partial charge in [0.1, 0.15) is 5.54 Å². The zero-order valence-corrected chi connectivity index (χ0v) is 10.3. The van der Waals surface area contributed by atoms with E-state index in [1.165, 1.54) is 19.1 Å². The Bertz CT molecular complexity index is 497. The van der Waals surface area contributed by atoms with Crippen LogP contribution in [-0.2, 0) is 16.5 Å². The van der Waals surface area contributed by atoms with Crippen LogP contribution in [0.15, 0.2) is 24.3 Å². The molecule has 0 heterocycles.